The molecule has 0 heterocycles. The molecule has 1 N–H and O–H groups in total. The highest BCUT2D eigenvalue weighted by molar-refractivity contribution is 9.10. The fourth-order valence-electron chi connectivity index (χ4n) is 2.73. The van der Waals surface area contributed by atoms with E-state index in [-0.39, 0.29) is 20.6 Å². The highest BCUT2D eigenvalue weighted by Crippen LogP contribution is 2.35. The van der Waals surface area contributed by atoms with Gasteiger partial charge in [-0.2, -0.15) is 0 Å². The van der Waals surface area contributed by atoms with Crippen molar-refractivity contribution in [2.45, 2.75) is 11.8 Å². The van der Waals surface area contributed by atoms with Gasteiger partial charge in [0.2, 0.25) is 5.91 Å². The summed E-state index contributed by atoms with van der Waals surface area (Å²) in [6, 6.07) is 15.7. The van der Waals surface area contributed by atoms with Crippen LogP contribution in [0.25, 0.3) is 0 Å². The van der Waals surface area contributed by atoms with Crippen molar-refractivity contribution in [2.24, 2.45) is 0 Å². The lowest BCUT2D eigenvalue weighted by Crippen LogP contribution is -2.38. The van der Waals surface area contributed by atoms with Crippen molar-refractivity contribution >= 4 is 78.0 Å². The first-order valence-corrected chi connectivity index (χ1v) is 12.2. The summed E-state index contributed by atoms with van der Waals surface area (Å²) < 4.78 is 28.4. The van der Waals surface area contributed by atoms with Crippen molar-refractivity contribution in [1.29, 1.82) is 0 Å². The van der Waals surface area contributed by atoms with Gasteiger partial charge in [0.1, 0.15) is 6.54 Å². The zero-order valence-electron chi connectivity index (χ0n) is 16.1. The zero-order chi connectivity index (χ0) is 22.8. The Morgan fingerprint density at radius 2 is 1.68 bits per heavy atom. The van der Waals surface area contributed by atoms with Crippen LogP contribution < -0.4 is 9.62 Å². The molecule has 10 heteroatoms. The van der Waals surface area contributed by atoms with E-state index in [0.29, 0.717) is 15.2 Å². The predicted molar refractivity (Wildman–Crippen MR) is 130 cm³/mol. The van der Waals surface area contributed by atoms with Crippen LogP contribution in [0.1, 0.15) is 5.56 Å². The molecule has 0 bridgehead atoms. The second kappa shape index (κ2) is 9.79. The molecule has 0 aliphatic carbocycles. The lowest BCUT2D eigenvalue weighted by Gasteiger charge is -2.25. The number of amides is 1. The molecule has 3 aromatic carbocycles. The monoisotopic (exact) mass is 560 g/mol. The van der Waals surface area contributed by atoms with Gasteiger partial charge in [-0.05, 0) is 65.3 Å². The van der Waals surface area contributed by atoms with E-state index < -0.39 is 22.5 Å². The number of carbonyl (C=O) groups is 1. The van der Waals surface area contributed by atoms with Gasteiger partial charge in [-0.25, -0.2) is 8.42 Å². The van der Waals surface area contributed by atoms with Crippen LogP contribution in [0.5, 0.6) is 0 Å². The summed E-state index contributed by atoms with van der Waals surface area (Å²) in [5.41, 5.74) is 1.41. The zero-order valence-corrected chi connectivity index (χ0v) is 20.7. The number of halogens is 4. The molecule has 0 unspecified atom stereocenters. The molecule has 31 heavy (non-hydrogen) atoms. The number of rotatable bonds is 6. The van der Waals surface area contributed by atoms with Crippen molar-refractivity contribution in [3.8, 4) is 0 Å². The first-order chi connectivity index (χ1) is 14.6. The molecule has 0 saturated heterocycles. The minimum absolute atomic E-state index is 0.0219. The van der Waals surface area contributed by atoms with Crippen LogP contribution in [0.15, 0.2) is 70.0 Å². The third-order valence-corrected chi connectivity index (χ3v) is 8.11. The summed E-state index contributed by atoms with van der Waals surface area (Å²) in [6.07, 6.45) is 0. The molecule has 0 saturated carbocycles. The Morgan fingerprint density at radius 3 is 2.32 bits per heavy atom. The third-order valence-electron chi connectivity index (χ3n) is 4.30. The summed E-state index contributed by atoms with van der Waals surface area (Å²) in [5, 5.41) is 3.25. The highest BCUT2D eigenvalue weighted by atomic mass is 79.9. The van der Waals surface area contributed by atoms with Crippen molar-refractivity contribution in [3.05, 3.63) is 85.8 Å². The van der Waals surface area contributed by atoms with Crippen LogP contribution in [-0.2, 0) is 14.8 Å². The SMILES string of the molecule is Cc1ccc(S(=O)(=O)N(CC(=O)Nc2ccc(Br)c(Cl)c2)c2cccc(Cl)c2Cl)cc1. The summed E-state index contributed by atoms with van der Waals surface area (Å²) in [6.45, 7) is 1.32. The van der Waals surface area contributed by atoms with Crippen LogP contribution in [0.4, 0.5) is 11.4 Å². The Labute approximate surface area is 204 Å². The van der Waals surface area contributed by atoms with Gasteiger partial charge in [0.25, 0.3) is 10.0 Å². The van der Waals surface area contributed by atoms with E-state index in [1.165, 1.54) is 24.3 Å². The Kier molecular flexibility index (Phi) is 7.55. The van der Waals surface area contributed by atoms with Crippen LogP contribution in [-0.4, -0.2) is 20.9 Å². The molecule has 0 fully saturated rings. The van der Waals surface area contributed by atoms with Gasteiger partial charge >= 0.3 is 0 Å². The molecule has 0 radical (unpaired) electrons. The van der Waals surface area contributed by atoms with Gasteiger partial charge < -0.3 is 5.32 Å². The largest absolute Gasteiger partial charge is 0.324 e. The van der Waals surface area contributed by atoms with Crippen LogP contribution in [0.2, 0.25) is 15.1 Å². The van der Waals surface area contributed by atoms with Gasteiger partial charge in [0, 0.05) is 10.2 Å². The number of sulfonamides is 1. The number of benzene rings is 3. The summed E-state index contributed by atoms with van der Waals surface area (Å²) in [7, 11) is -4.12. The van der Waals surface area contributed by atoms with E-state index in [9.17, 15) is 13.2 Å². The average Bonchev–Trinajstić information content (AvgIpc) is 2.71. The van der Waals surface area contributed by atoms with Crippen LogP contribution >= 0.6 is 50.7 Å². The number of hydrogen-bond acceptors (Lipinski definition) is 3. The molecule has 0 aliphatic heterocycles. The third kappa shape index (κ3) is 5.54. The lowest BCUT2D eigenvalue weighted by molar-refractivity contribution is -0.114. The molecule has 0 atom stereocenters. The van der Waals surface area contributed by atoms with Crippen molar-refractivity contribution < 1.29 is 13.2 Å². The first kappa shape index (κ1) is 23.9. The van der Waals surface area contributed by atoms with E-state index in [4.69, 9.17) is 34.8 Å². The number of nitrogens with zero attached hydrogens (tertiary/aromatic N) is 1. The Bertz CT molecular complexity index is 1240. The Balaban J connectivity index is 1.99. The minimum atomic E-state index is -4.12. The van der Waals surface area contributed by atoms with Gasteiger partial charge in [-0.3, -0.25) is 9.10 Å². The molecule has 162 valence electrons. The topological polar surface area (TPSA) is 66.5 Å². The normalized spacial score (nSPS) is 11.3. The average molecular weight is 563 g/mol. The predicted octanol–water partition coefficient (Wildman–Crippen LogP) is 6.55. The lowest BCUT2D eigenvalue weighted by atomic mass is 10.2. The Morgan fingerprint density at radius 1 is 1.00 bits per heavy atom. The summed E-state index contributed by atoms with van der Waals surface area (Å²) >= 11 is 21.7. The number of anilines is 2. The molecule has 5 nitrogen and oxygen atoms in total. The number of carbonyl (C=O) groups excluding carboxylic acids is 1. The first-order valence-electron chi connectivity index (χ1n) is 8.88. The van der Waals surface area contributed by atoms with Gasteiger partial charge in [0.05, 0.1) is 25.7 Å². The molecule has 3 aromatic rings. The molecule has 0 aromatic heterocycles. The maximum atomic E-state index is 13.4. The van der Waals surface area contributed by atoms with Gasteiger partial charge in [-0.15, -0.1) is 0 Å². The van der Waals surface area contributed by atoms with Gasteiger partial charge in [0.15, 0.2) is 0 Å². The molecular weight excluding hydrogens is 547 g/mol. The molecule has 3 rings (SSSR count). The minimum Gasteiger partial charge on any atom is -0.324 e. The van der Waals surface area contributed by atoms with Gasteiger partial charge in [-0.1, -0.05) is 58.6 Å². The van der Waals surface area contributed by atoms with Crippen molar-refractivity contribution in [2.75, 3.05) is 16.2 Å². The Hall–Kier alpha value is -1.77. The number of nitrogens with one attached hydrogen (secondary N) is 1. The quantitative estimate of drug-likeness (QED) is 0.371. The fourth-order valence-corrected chi connectivity index (χ4v) is 5.03. The molecule has 1 amide bonds. The second-order valence-corrected chi connectivity index (χ2v) is 10.5. The maximum absolute atomic E-state index is 13.4. The summed E-state index contributed by atoms with van der Waals surface area (Å²) in [5.74, 6) is -0.579. The number of hydrogen-bond donors (Lipinski definition) is 1. The molecular formula is C21H16BrCl3N2O3S. The van der Waals surface area contributed by atoms with E-state index in [1.807, 2.05) is 6.92 Å². The molecule has 0 aliphatic rings. The van der Waals surface area contributed by atoms with Crippen LogP contribution in [0.3, 0.4) is 0 Å². The van der Waals surface area contributed by atoms with E-state index in [0.717, 1.165) is 9.87 Å². The van der Waals surface area contributed by atoms with E-state index >= 15 is 0 Å². The van der Waals surface area contributed by atoms with Crippen molar-refractivity contribution in [3.63, 3.8) is 0 Å². The van der Waals surface area contributed by atoms with Crippen molar-refractivity contribution in [1.82, 2.24) is 0 Å². The standard InChI is InChI=1S/C21H16BrCl3N2O3S/c1-13-5-8-15(9-6-13)31(29,30)27(19-4-2-3-17(23)21(19)25)12-20(28)26-14-7-10-16(22)18(24)11-14/h2-11H,12H2,1H3,(H,26,28). The summed E-state index contributed by atoms with van der Waals surface area (Å²) in [4.78, 5) is 12.8. The van der Waals surface area contributed by atoms with E-state index in [1.54, 1.807) is 36.4 Å². The highest BCUT2D eigenvalue weighted by Gasteiger charge is 2.29. The maximum Gasteiger partial charge on any atom is 0.264 e. The van der Waals surface area contributed by atoms with Crippen LogP contribution in [0, 0.1) is 6.92 Å². The fraction of sp³-hybridized carbons (Fsp3) is 0.0952. The second-order valence-electron chi connectivity index (χ2n) is 6.57. The van der Waals surface area contributed by atoms with E-state index in [2.05, 4.69) is 21.2 Å². The molecule has 0 spiro atoms. The number of aryl methyl sites for hydroxylation is 1. The smallest absolute Gasteiger partial charge is 0.264 e.